The van der Waals surface area contributed by atoms with Crippen molar-refractivity contribution in [2.45, 2.75) is 26.3 Å². The van der Waals surface area contributed by atoms with Gasteiger partial charge in [0.2, 0.25) is 0 Å². The van der Waals surface area contributed by atoms with Crippen molar-refractivity contribution in [1.29, 1.82) is 0 Å². The van der Waals surface area contributed by atoms with E-state index in [0.29, 0.717) is 23.6 Å². The number of nitrogens with one attached hydrogen (secondary N) is 1. The minimum atomic E-state index is -0.130. The predicted molar refractivity (Wildman–Crippen MR) is 98.4 cm³/mol. The van der Waals surface area contributed by atoms with Gasteiger partial charge in [-0.15, -0.1) is 0 Å². The summed E-state index contributed by atoms with van der Waals surface area (Å²) in [5, 5.41) is 2.90. The van der Waals surface area contributed by atoms with Gasteiger partial charge in [0.25, 0.3) is 11.8 Å². The van der Waals surface area contributed by atoms with Crippen LogP contribution in [-0.4, -0.2) is 29.8 Å². The molecule has 1 aliphatic heterocycles. The molecule has 0 spiro atoms. The van der Waals surface area contributed by atoms with Crippen LogP contribution in [0.4, 0.5) is 0 Å². The number of carbonyl (C=O) groups excluding carboxylic acids is 2. The zero-order chi connectivity index (χ0) is 17.6. The van der Waals surface area contributed by atoms with Crippen LogP contribution < -0.4 is 5.32 Å². The minimum Gasteiger partial charge on any atom is -0.348 e. The van der Waals surface area contributed by atoms with Gasteiger partial charge >= 0.3 is 0 Å². The Bertz CT molecular complexity index is 717. The van der Waals surface area contributed by atoms with Crippen LogP contribution in [0, 0.1) is 5.92 Å². The van der Waals surface area contributed by atoms with Crippen molar-refractivity contribution in [3.63, 3.8) is 0 Å². The number of likely N-dealkylation sites (tertiary alicyclic amines) is 1. The lowest BCUT2D eigenvalue weighted by Gasteiger charge is -2.30. The van der Waals surface area contributed by atoms with Crippen LogP contribution in [0.1, 0.15) is 46.0 Å². The number of rotatable bonds is 4. The monoisotopic (exact) mass is 336 g/mol. The van der Waals surface area contributed by atoms with Crippen LogP contribution >= 0.6 is 0 Å². The lowest BCUT2D eigenvalue weighted by Crippen LogP contribution is -2.37. The van der Waals surface area contributed by atoms with Crippen molar-refractivity contribution < 1.29 is 9.59 Å². The molecule has 1 fully saturated rings. The number of nitrogens with zero attached hydrogens (tertiary/aromatic N) is 1. The maximum atomic E-state index is 12.5. The Hall–Kier alpha value is -2.62. The number of benzene rings is 2. The fraction of sp³-hybridized carbons (Fsp3) is 0.333. The minimum absolute atomic E-state index is 0.0585. The zero-order valence-electron chi connectivity index (χ0n) is 14.6. The summed E-state index contributed by atoms with van der Waals surface area (Å²) in [5.74, 6) is 0.623. The van der Waals surface area contributed by atoms with E-state index in [1.165, 1.54) is 0 Å². The van der Waals surface area contributed by atoms with Crippen molar-refractivity contribution in [2.24, 2.45) is 5.92 Å². The number of piperidine rings is 1. The summed E-state index contributed by atoms with van der Waals surface area (Å²) < 4.78 is 0. The lowest BCUT2D eigenvalue weighted by molar-refractivity contribution is 0.0696. The molecule has 2 amide bonds. The van der Waals surface area contributed by atoms with E-state index in [2.05, 4.69) is 12.2 Å². The molecular formula is C21H24N2O2. The van der Waals surface area contributed by atoms with Gasteiger partial charge in [-0.3, -0.25) is 9.59 Å². The molecule has 2 aromatic rings. The Morgan fingerprint density at radius 1 is 0.960 bits per heavy atom. The fourth-order valence-electron chi connectivity index (χ4n) is 3.04. The van der Waals surface area contributed by atoms with Gasteiger partial charge in [-0.1, -0.05) is 37.3 Å². The third-order valence-corrected chi connectivity index (χ3v) is 4.76. The highest BCUT2D eigenvalue weighted by Crippen LogP contribution is 2.18. The highest BCUT2D eigenvalue weighted by atomic mass is 16.2. The van der Waals surface area contributed by atoms with Gasteiger partial charge in [0, 0.05) is 30.8 Å². The molecule has 1 N–H and O–H groups in total. The van der Waals surface area contributed by atoms with Crippen LogP contribution in [-0.2, 0) is 6.54 Å². The molecule has 1 heterocycles. The molecule has 25 heavy (non-hydrogen) atoms. The fourth-order valence-corrected chi connectivity index (χ4v) is 3.04. The maximum Gasteiger partial charge on any atom is 0.253 e. The summed E-state index contributed by atoms with van der Waals surface area (Å²) >= 11 is 0. The molecule has 1 aliphatic rings. The van der Waals surface area contributed by atoms with E-state index in [-0.39, 0.29) is 11.8 Å². The highest BCUT2D eigenvalue weighted by Gasteiger charge is 2.21. The summed E-state index contributed by atoms with van der Waals surface area (Å²) in [6.07, 6.45) is 2.12. The lowest BCUT2D eigenvalue weighted by atomic mass is 9.98. The Morgan fingerprint density at radius 3 is 2.20 bits per heavy atom. The molecule has 130 valence electrons. The molecule has 0 unspecified atom stereocenters. The topological polar surface area (TPSA) is 49.4 Å². The van der Waals surface area contributed by atoms with Gasteiger partial charge in [-0.25, -0.2) is 0 Å². The molecule has 1 saturated heterocycles. The van der Waals surface area contributed by atoms with E-state index in [0.717, 1.165) is 31.5 Å². The number of carbonyl (C=O) groups is 2. The van der Waals surface area contributed by atoms with Crippen LogP contribution in [0.25, 0.3) is 0 Å². The maximum absolute atomic E-state index is 12.5. The molecule has 0 atom stereocenters. The van der Waals surface area contributed by atoms with Crippen molar-refractivity contribution >= 4 is 11.8 Å². The van der Waals surface area contributed by atoms with Crippen LogP contribution in [0.2, 0.25) is 0 Å². The van der Waals surface area contributed by atoms with Crippen molar-refractivity contribution in [3.05, 3.63) is 71.3 Å². The highest BCUT2D eigenvalue weighted by molar-refractivity contribution is 5.97. The third-order valence-electron chi connectivity index (χ3n) is 4.76. The van der Waals surface area contributed by atoms with Gasteiger partial charge < -0.3 is 10.2 Å². The second-order valence-corrected chi connectivity index (χ2v) is 6.72. The number of hydrogen-bond acceptors (Lipinski definition) is 2. The molecule has 0 bridgehead atoms. The van der Waals surface area contributed by atoms with E-state index in [1.54, 1.807) is 24.3 Å². The van der Waals surface area contributed by atoms with E-state index < -0.39 is 0 Å². The molecule has 2 aromatic carbocycles. The van der Waals surface area contributed by atoms with Crippen LogP contribution in [0.5, 0.6) is 0 Å². The van der Waals surface area contributed by atoms with E-state index >= 15 is 0 Å². The van der Waals surface area contributed by atoms with Gasteiger partial charge in [-0.2, -0.15) is 0 Å². The first-order valence-corrected chi connectivity index (χ1v) is 8.85. The first kappa shape index (κ1) is 17.2. The summed E-state index contributed by atoms with van der Waals surface area (Å²) in [6, 6.07) is 16.7. The molecule has 0 aliphatic carbocycles. The van der Waals surface area contributed by atoms with Gasteiger partial charge in [0.15, 0.2) is 0 Å². The average Bonchev–Trinajstić information content (AvgIpc) is 2.67. The second kappa shape index (κ2) is 7.97. The van der Waals surface area contributed by atoms with Crippen molar-refractivity contribution in [1.82, 2.24) is 10.2 Å². The first-order valence-electron chi connectivity index (χ1n) is 8.85. The zero-order valence-corrected chi connectivity index (χ0v) is 14.6. The quantitative estimate of drug-likeness (QED) is 0.929. The summed E-state index contributed by atoms with van der Waals surface area (Å²) in [4.78, 5) is 26.7. The smallest absolute Gasteiger partial charge is 0.253 e. The van der Waals surface area contributed by atoms with Crippen LogP contribution in [0.3, 0.4) is 0 Å². The normalized spacial score (nSPS) is 15.0. The Labute approximate surface area is 148 Å². The Balaban J connectivity index is 1.58. The second-order valence-electron chi connectivity index (χ2n) is 6.72. The standard InChI is InChI=1S/C21H24N2O2/c1-16-11-13-23(14-12-16)21(25)19-9-7-18(8-10-19)20(24)22-15-17-5-3-2-4-6-17/h2-10,16H,11-15H2,1H3,(H,22,24). The number of amides is 2. The van der Waals surface area contributed by atoms with E-state index in [4.69, 9.17) is 0 Å². The first-order chi connectivity index (χ1) is 12.1. The largest absolute Gasteiger partial charge is 0.348 e. The van der Waals surface area contributed by atoms with Gasteiger partial charge in [-0.05, 0) is 48.6 Å². The third kappa shape index (κ3) is 4.47. The molecule has 4 nitrogen and oxygen atoms in total. The Morgan fingerprint density at radius 2 is 1.56 bits per heavy atom. The average molecular weight is 336 g/mol. The molecule has 0 aromatic heterocycles. The Kier molecular flexibility index (Phi) is 5.49. The molecule has 4 heteroatoms. The van der Waals surface area contributed by atoms with Gasteiger partial charge in [0.1, 0.15) is 0 Å². The molecule has 0 saturated carbocycles. The molecule has 3 rings (SSSR count). The summed E-state index contributed by atoms with van der Waals surface area (Å²) in [7, 11) is 0. The number of hydrogen-bond donors (Lipinski definition) is 1. The molecule has 0 radical (unpaired) electrons. The summed E-state index contributed by atoms with van der Waals surface area (Å²) in [5.41, 5.74) is 2.27. The summed E-state index contributed by atoms with van der Waals surface area (Å²) in [6.45, 7) is 4.36. The molecular weight excluding hydrogens is 312 g/mol. The van der Waals surface area contributed by atoms with Crippen molar-refractivity contribution in [3.8, 4) is 0 Å². The van der Waals surface area contributed by atoms with Crippen molar-refractivity contribution in [2.75, 3.05) is 13.1 Å². The predicted octanol–water partition coefficient (Wildman–Crippen LogP) is 3.49. The van der Waals surface area contributed by atoms with E-state index in [9.17, 15) is 9.59 Å². The van der Waals surface area contributed by atoms with Crippen LogP contribution in [0.15, 0.2) is 54.6 Å². The van der Waals surface area contributed by atoms with Gasteiger partial charge in [0.05, 0.1) is 0 Å². The SMILES string of the molecule is CC1CCN(C(=O)c2ccc(C(=O)NCc3ccccc3)cc2)CC1. The van der Waals surface area contributed by atoms with E-state index in [1.807, 2.05) is 35.2 Å².